The van der Waals surface area contributed by atoms with Crippen molar-refractivity contribution in [2.75, 3.05) is 106 Å². The fourth-order valence-electron chi connectivity index (χ4n) is 4.37. The monoisotopic (exact) mass is 972 g/mol. The van der Waals surface area contributed by atoms with Crippen molar-refractivity contribution in [3.05, 3.63) is 0 Å². The van der Waals surface area contributed by atoms with Gasteiger partial charge in [0.2, 0.25) is 0 Å². The predicted octanol–water partition coefficient (Wildman–Crippen LogP) is -2.25. The quantitative estimate of drug-likeness (QED) is 0.0201. The Kier molecular flexibility index (Phi) is 24.5. The van der Waals surface area contributed by atoms with Crippen LogP contribution in [-0.4, -0.2) is 194 Å². The van der Waals surface area contributed by atoms with Gasteiger partial charge in [0, 0.05) is 0 Å². The first-order valence-electron chi connectivity index (χ1n) is 21.1. The Morgan fingerprint density at radius 1 is 0.284 bits per heavy atom. The van der Waals surface area contributed by atoms with Gasteiger partial charge in [-0.05, 0) is 68.7 Å². The lowest BCUT2D eigenvalue weighted by Crippen LogP contribution is -2.48. The summed E-state index contributed by atoms with van der Waals surface area (Å²) >= 11 is 0. The minimum atomic E-state index is -2.21. The molecule has 67 heavy (non-hydrogen) atoms. The minimum Gasteiger partial charge on any atom is -0.464 e. The van der Waals surface area contributed by atoms with Crippen LogP contribution in [-0.2, 0) is 76.3 Å². The molecular formula is C43H72O24. The topological polar surface area (TPSA) is 372 Å². The van der Waals surface area contributed by atoms with Gasteiger partial charge in [0.1, 0.15) is 90.8 Å². The molecule has 0 aromatic carbocycles. The van der Waals surface area contributed by atoms with E-state index in [2.05, 4.69) is 0 Å². The van der Waals surface area contributed by atoms with Gasteiger partial charge in [0.15, 0.2) is 0 Å². The van der Waals surface area contributed by atoms with Gasteiger partial charge < -0.3 is 78.7 Å². The van der Waals surface area contributed by atoms with Gasteiger partial charge in [-0.3, -0.25) is 38.4 Å². The maximum Gasteiger partial charge on any atom is 0.318 e. The molecule has 0 aliphatic heterocycles. The number of esters is 8. The molecule has 24 nitrogen and oxygen atoms in total. The van der Waals surface area contributed by atoms with E-state index in [9.17, 15) is 79.2 Å². The summed E-state index contributed by atoms with van der Waals surface area (Å²) in [4.78, 5) is 106. The third-order valence-corrected chi connectivity index (χ3v) is 11.4. The first kappa shape index (κ1) is 62.4. The summed E-state index contributed by atoms with van der Waals surface area (Å²) in [6.07, 6.45) is 0.407. The standard InChI is InChI=1S/C43H72O24/c1-11-36(2,3)28(52)60-12-13-61-33(57)41(8,22-66-34(58)42(9,24-62-29(53)37(4,14-44)15-45)25-63-30(54)38(5,16-46)17-47)23-67-35(59)43(10,26-64-31(55)39(6,18-48)19-49)27-65-32(56)40(7,20-50)21-51/h44-51H,11-27H2,1-10H3. The summed E-state index contributed by atoms with van der Waals surface area (Å²) in [5.74, 6) is -9.32. The van der Waals surface area contributed by atoms with E-state index in [1.807, 2.05) is 0 Å². The first-order valence-corrected chi connectivity index (χ1v) is 21.1. The molecule has 8 N–H and O–H groups in total. The van der Waals surface area contributed by atoms with Crippen LogP contribution in [0.25, 0.3) is 0 Å². The summed E-state index contributed by atoms with van der Waals surface area (Å²) < 4.78 is 42.5. The maximum absolute atomic E-state index is 14.0. The number of rotatable bonds is 32. The largest absolute Gasteiger partial charge is 0.464 e. The lowest BCUT2D eigenvalue weighted by atomic mass is 9.89. The zero-order chi connectivity index (χ0) is 52.3. The lowest BCUT2D eigenvalue weighted by molar-refractivity contribution is -0.186. The number of carbonyl (C=O) groups excluding carboxylic acids is 8. The van der Waals surface area contributed by atoms with Gasteiger partial charge in [0.25, 0.3) is 0 Å². The number of aliphatic hydroxyl groups is 8. The van der Waals surface area contributed by atoms with E-state index >= 15 is 0 Å². The molecule has 0 aliphatic rings. The summed E-state index contributed by atoms with van der Waals surface area (Å²) in [5, 5.41) is 77.5. The maximum atomic E-state index is 14.0. The minimum absolute atomic E-state index is 0.407. The Hall–Kier alpha value is -4.56. The Morgan fingerprint density at radius 3 is 0.627 bits per heavy atom. The predicted molar refractivity (Wildman–Crippen MR) is 225 cm³/mol. The Balaban J connectivity index is 7.06. The van der Waals surface area contributed by atoms with Crippen molar-refractivity contribution in [2.24, 2.45) is 43.3 Å². The molecule has 0 atom stereocenters. The average Bonchev–Trinajstić information content (AvgIpc) is 3.33. The van der Waals surface area contributed by atoms with Crippen molar-refractivity contribution in [1.82, 2.24) is 0 Å². The molecule has 0 rings (SSSR count). The Morgan fingerprint density at radius 2 is 0.448 bits per heavy atom. The van der Waals surface area contributed by atoms with Gasteiger partial charge in [-0.2, -0.15) is 0 Å². The van der Waals surface area contributed by atoms with Crippen molar-refractivity contribution < 1.29 is 117 Å². The summed E-state index contributed by atoms with van der Waals surface area (Å²) in [5.41, 5.74) is -14.9. The summed E-state index contributed by atoms with van der Waals surface area (Å²) in [7, 11) is 0. The van der Waals surface area contributed by atoms with E-state index in [0.717, 1.165) is 48.5 Å². The van der Waals surface area contributed by atoms with E-state index in [-0.39, 0.29) is 0 Å². The number of carbonyl (C=O) groups is 8. The molecule has 0 heterocycles. The Labute approximate surface area is 389 Å². The molecule has 0 aromatic heterocycles. The van der Waals surface area contributed by atoms with E-state index in [4.69, 9.17) is 37.9 Å². The van der Waals surface area contributed by atoms with Crippen LogP contribution in [0.2, 0.25) is 0 Å². The molecule has 0 aliphatic carbocycles. The molecule has 388 valence electrons. The van der Waals surface area contributed by atoms with Crippen LogP contribution in [0.4, 0.5) is 0 Å². The highest BCUT2D eigenvalue weighted by Gasteiger charge is 2.48. The molecule has 0 radical (unpaired) electrons. The highest BCUT2D eigenvalue weighted by molar-refractivity contribution is 5.84. The second-order valence-corrected chi connectivity index (χ2v) is 19.2. The number of hydrogen-bond acceptors (Lipinski definition) is 24. The number of ether oxygens (including phenoxy) is 8. The molecule has 0 fully saturated rings. The highest BCUT2D eigenvalue weighted by atomic mass is 16.6. The second kappa shape index (κ2) is 26.3. The third-order valence-electron chi connectivity index (χ3n) is 11.4. The number of hydrogen-bond donors (Lipinski definition) is 8. The van der Waals surface area contributed by atoms with Crippen LogP contribution in [0.3, 0.4) is 0 Å². The van der Waals surface area contributed by atoms with E-state index in [0.29, 0.717) is 6.42 Å². The Bertz CT molecular complexity index is 1510. The van der Waals surface area contributed by atoms with Gasteiger partial charge in [-0.25, -0.2) is 0 Å². The highest BCUT2D eigenvalue weighted by Crippen LogP contribution is 2.31. The van der Waals surface area contributed by atoms with Crippen molar-refractivity contribution in [3.8, 4) is 0 Å². The van der Waals surface area contributed by atoms with Crippen molar-refractivity contribution in [3.63, 3.8) is 0 Å². The molecule has 0 spiro atoms. The van der Waals surface area contributed by atoms with Gasteiger partial charge in [0.05, 0.1) is 58.3 Å². The first-order chi connectivity index (χ1) is 30.9. The van der Waals surface area contributed by atoms with Crippen LogP contribution in [0.5, 0.6) is 0 Å². The third kappa shape index (κ3) is 16.9. The summed E-state index contributed by atoms with van der Waals surface area (Å²) in [6.45, 7) is -1.18. The SMILES string of the molecule is CCC(C)(C)C(=O)OCCOC(=O)C(C)(COC(=O)C(C)(COC(=O)C(C)(CO)CO)COC(=O)C(C)(CO)CO)COC(=O)C(C)(COC(=O)C(C)(CO)CO)COC(=O)C(C)(CO)CO. The fourth-order valence-corrected chi connectivity index (χ4v) is 4.37. The normalized spacial score (nSPS) is 12.9. The molecule has 0 saturated heterocycles. The van der Waals surface area contributed by atoms with E-state index in [1.54, 1.807) is 20.8 Å². The molecule has 0 bridgehead atoms. The number of aliphatic hydroxyl groups excluding tert-OH is 8. The second-order valence-electron chi connectivity index (χ2n) is 19.2. The average molecular weight is 973 g/mol. The smallest absolute Gasteiger partial charge is 0.318 e. The van der Waals surface area contributed by atoms with E-state index in [1.165, 1.54) is 0 Å². The molecule has 0 unspecified atom stereocenters. The van der Waals surface area contributed by atoms with Gasteiger partial charge in [-0.1, -0.05) is 6.92 Å². The van der Waals surface area contributed by atoms with E-state index < -0.39 is 197 Å². The molecule has 24 heteroatoms. The van der Waals surface area contributed by atoms with Crippen LogP contribution < -0.4 is 0 Å². The van der Waals surface area contributed by atoms with Crippen molar-refractivity contribution in [1.29, 1.82) is 0 Å². The van der Waals surface area contributed by atoms with Gasteiger partial charge >= 0.3 is 47.8 Å². The fraction of sp³-hybridized carbons (Fsp3) is 0.814. The van der Waals surface area contributed by atoms with Crippen LogP contribution >= 0.6 is 0 Å². The molecule has 0 amide bonds. The van der Waals surface area contributed by atoms with Gasteiger partial charge in [-0.15, -0.1) is 0 Å². The van der Waals surface area contributed by atoms with Crippen molar-refractivity contribution in [2.45, 2.75) is 75.7 Å². The van der Waals surface area contributed by atoms with Crippen molar-refractivity contribution >= 4 is 47.8 Å². The van der Waals surface area contributed by atoms with Crippen LogP contribution in [0.1, 0.15) is 75.7 Å². The molecular weight excluding hydrogens is 900 g/mol. The lowest BCUT2D eigenvalue weighted by Gasteiger charge is -2.33. The zero-order valence-corrected chi connectivity index (χ0v) is 40.1. The summed E-state index contributed by atoms with van der Waals surface area (Å²) in [6, 6.07) is 0. The van der Waals surface area contributed by atoms with Crippen LogP contribution in [0, 0.1) is 43.3 Å². The van der Waals surface area contributed by atoms with Crippen LogP contribution in [0.15, 0.2) is 0 Å². The molecule has 0 saturated carbocycles. The zero-order valence-electron chi connectivity index (χ0n) is 40.1. The molecule has 0 aromatic rings.